The quantitative estimate of drug-likeness (QED) is 0.395. The van der Waals surface area contributed by atoms with E-state index in [-0.39, 0.29) is 5.91 Å². The van der Waals surface area contributed by atoms with E-state index in [2.05, 4.69) is 40.5 Å². The summed E-state index contributed by atoms with van der Waals surface area (Å²) >= 11 is 0. The number of hydrogen-bond acceptors (Lipinski definition) is 6. The summed E-state index contributed by atoms with van der Waals surface area (Å²) < 4.78 is 5.26. The van der Waals surface area contributed by atoms with E-state index in [0.29, 0.717) is 41.2 Å². The number of nitrogens with one attached hydrogen (secondary N) is 2. The summed E-state index contributed by atoms with van der Waals surface area (Å²) in [5.41, 5.74) is 3.84. The lowest BCUT2D eigenvalue weighted by Gasteiger charge is -2.10. The molecule has 0 atom stereocenters. The highest BCUT2D eigenvalue weighted by Gasteiger charge is 2.11. The Morgan fingerprint density at radius 1 is 1.10 bits per heavy atom. The second-order valence-corrected chi connectivity index (χ2v) is 7.39. The largest absolute Gasteiger partial charge is 0.444 e. The van der Waals surface area contributed by atoms with Gasteiger partial charge in [0.2, 0.25) is 0 Å². The van der Waals surface area contributed by atoms with Crippen LogP contribution in [-0.4, -0.2) is 35.3 Å². The molecular weight excluding hydrogens is 380 g/mol. The summed E-state index contributed by atoms with van der Waals surface area (Å²) in [6, 6.07) is 7.08. The summed E-state index contributed by atoms with van der Waals surface area (Å²) in [5, 5.41) is 6.26. The molecule has 1 amide bonds. The fourth-order valence-electron chi connectivity index (χ4n) is 3.02. The number of amides is 1. The van der Waals surface area contributed by atoms with Crippen LogP contribution in [0.5, 0.6) is 0 Å². The Kier molecular flexibility index (Phi) is 7.45. The number of pyridine rings is 1. The number of benzene rings is 1. The number of hydrogen-bond donors (Lipinski definition) is 2. The first-order chi connectivity index (χ1) is 14.6. The van der Waals surface area contributed by atoms with Gasteiger partial charge in [-0.25, -0.2) is 4.98 Å². The first-order valence-corrected chi connectivity index (χ1v) is 9.98. The van der Waals surface area contributed by atoms with Crippen molar-refractivity contribution >= 4 is 12.2 Å². The number of aromatic nitrogens is 2. The smallest absolute Gasteiger partial charge is 0.251 e. The molecule has 0 aliphatic rings. The van der Waals surface area contributed by atoms with Crippen molar-refractivity contribution in [3.8, 4) is 11.3 Å². The van der Waals surface area contributed by atoms with E-state index < -0.39 is 0 Å². The average Bonchev–Trinajstić information content (AvgIpc) is 3.31. The normalized spacial score (nSPS) is 10.9. The monoisotopic (exact) mass is 406 g/mol. The molecule has 3 aromatic rings. The number of nitrogens with zero attached hydrogens (tertiary/aromatic N) is 2. The maximum Gasteiger partial charge on any atom is 0.251 e. The molecule has 7 heteroatoms. The van der Waals surface area contributed by atoms with Crippen LogP contribution in [0.3, 0.4) is 0 Å². The van der Waals surface area contributed by atoms with E-state index in [9.17, 15) is 9.59 Å². The number of oxazole rings is 1. The molecule has 0 radical (unpaired) electrons. The molecule has 2 N–H and O–H groups in total. The van der Waals surface area contributed by atoms with Crippen LogP contribution in [0.1, 0.15) is 58.0 Å². The predicted octanol–water partition coefficient (Wildman–Crippen LogP) is 3.58. The summed E-state index contributed by atoms with van der Waals surface area (Å²) in [4.78, 5) is 31.9. The minimum absolute atomic E-state index is 0.228. The van der Waals surface area contributed by atoms with Gasteiger partial charge >= 0.3 is 0 Å². The van der Waals surface area contributed by atoms with Crippen LogP contribution in [0.15, 0.2) is 53.7 Å². The van der Waals surface area contributed by atoms with Gasteiger partial charge in [0.25, 0.3) is 5.91 Å². The Morgan fingerprint density at radius 2 is 1.97 bits per heavy atom. The van der Waals surface area contributed by atoms with Crippen molar-refractivity contribution in [1.29, 1.82) is 0 Å². The molecule has 2 heterocycles. The molecule has 0 unspecified atom stereocenters. The first kappa shape index (κ1) is 21.4. The molecule has 0 saturated heterocycles. The third-order valence-electron chi connectivity index (χ3n) is 4.70. The third kappa shape index (κ3) is 5.84. The van der Waals surface area contributed by atoms with Crippen molar-refractivity contribution in [3.05, 3.63) is 71.5 Å². The van der Waals surface area contributed by atoms with Crippen LogP contribution in [0.25, 0.3) is 11.3 Å². The van der Waals surface area contributed by atoms with Gasteiger partial charge in [-0.3, -0.25) is 14.6 Å². The Labute approximate surface area is 175 Å². The molecule has 0 spiro atoms. The summed E-state index contributed by atoms with van der Waals surface area (Å²) in [6.45, 7) is 6.33. The van der Waals surface area contributed by atoms with E-state index >= 15 is 0 Å². The van der Waals surface area contributed by atoms with Gasteiger partial charge in [0, 0.05) is 42.2 Å². The van der Waals surface area contributed by atoms with E-state index in [1.165, 1.54) is 12.0 Å². The Morgan fingerprint density at radius 3 is 2.70 bits per heavy atom. The minimum Gasteiger partial charge on any atom is -0.444 e. The van der Waals surface area contributed by atoms with Crippen LogP contribution in [0.2, 0.25) is 0 Å². The third-order valence-corrected chi connectivity index (χ3v) is 4.70. The van der Waals surface area contributed by atoms with Gasteiger partial charge in [-0.2, -0.15) is 0 Å². The lowest BCUT2D eigenvalue weighted by atomic mass is 10.0. The highest BCUT2D eigenvalue weighted by molar-refractivity contribution is 5.97. The zero-order valence-corrected chi connectivity index (χ0v) is 17.2. The van der Waals surface area contributed by atoms with Crippen molar-refractivity contribution in [2.45, 2.75) is 32.7 Å². The number of carbonyl (C=O) groups is 2. The van der Waals surface area contributed by atoms with Gasteiger partial charge in [-0.05, 0) is 48.2 Å². The maximum atomic E-state index is 12.5. The molecule has 0 aliphatic carbocycles. The van der Waals surface area contributed by atoms with Crippen LogP contribution in [-0.2, 0) is 6.54 Å². The highest BCUT2D eigenvalue weighted by atomic mass is 16.3. The Balaban J connectivity index is 1.46. The molecule has 7 nitrogen and oxygen atoms in total. The molecule has 2 aromatic heterocycles. The Hall–Kier alpha value is -3.32. The van der Waals surface area contributed by atoms with Crippen LogP contribution in [0.4, 0.5) is 0 Å². The SMILES string of the molecule is CC(C)c1cncc(CNCCCNC(=O)c2cc(C=O)cc(-c3cnco3)c2)c1. The molecule has 0 fully saturated rings. The van der Waals surface area contributed by atoms with E-state index in [0.717, 1.165) is 25.1 Å². The van der Waals surface area contributed by atoms with Crippen molar-refractivity contribution in [3.63, 3.8) is 0 Å². The topological polar surface area (TPSA) is 97.1 Å². The first-order valence-electron chi connectivity index (χ1n) is 9.98. The van der Waals surface area contributed by atoms with Crippen LogP contribution >= 0.6 is 0 Å². The van der Waals surface area contributed by atoms with Gasteiger partial charge in [0.1, 0.15) is 6.29 Å². The molecule has 3 rings (SSSR count). The second kappa shape index (κ2) is 10.5. The van der Waals surface area contributed by atoms with Crippen molar-refractivity contribution < 1.29 is 14.0 Å². The summed E-state index contributed by atoms with van der Waals surface area (Å²) in [7, 11) is 0. The fraction of sp³-hybridized carbons (Fsp3) is 0.304. The molecule has 30 heavy (non-hydrogen) atoms. The minimum atomic E-state index is -0.228. The van der Waals surface area contributed by atoms with Gasteiger partial charge in [-0.15, -0.1) is 0 Å². The van der Waals surface area contributed by atoms with Gasteiger partial charge in [0.15, 0.2) is 12.2 Å². The summed E-state index contributed by atoms with van der Waals surface area (Å²) in [6.07, 6.45) is 8.12. The number of aldehydes is 1. The van der Waals surface area contributed by atoms with Crippen LogP contribution < -0.4 is 10.6 Å². The van der Waals surface area contributed by atoms with Crippen molar-refractivity contribution in [2.24, 2.45) is 0 Å². The molecule has 0 aliphatic heterocycles. The van der Waals surface area contributed by atoms with E-state index in [1.54, 1.807) is 24.4 Å². The average molecular weight is 406 g/mol. The lowest BCUT2D eigenvalue weighted by Crippen LogP contribution is -2.27. The van der Waals surface area contributed by atoms with Crippen molar-refractivity contribution in [2.75, 3.05) is 13.1 Å². The summed E-state index contributed by atoms with van der Waals surface area (Å²) in [5.74, 6) is 0.733. The molecule has 1 aromatic carbocycles. The van der Waals surface area contributed by atoms with Gasteiger partial charge in [-0.1, -0.05) is 19.9 Å². The second-order valence-electron chi connectivity index (χ2n) is 7.39. The van der Waals surface area contributed by atoms with Crippen LogP contribution in [0, 0.1) is 0 Å². The van der Waals surface area contributed by atoms with Gasteiger partial charge < -0.3 is 15.1 Å². The number of rotatable bonds is 10. The highest BCUT2D eigenvalue weighted by Crippen LogP contribution is 2.21. The zero-order valence-electron chi connectivity index (χ0n) is 17.2. The Bertz CT molecular complexity index is 984. The number of carbonyl (C=O) groups excluding carboxylic acids is 2. The predicted molar refractivity (Wildman–Crippen MR) is 114 cm³/mol. The van der Waals surface area contributed by atoms with Crippen molar-refractivity contribution in [1.82, 2.24) is 20.6 Å². The fourth-order valence-corrected chi connectivity index (χ4v) is 3.02. The maximum absolute atomic E-state index is 12.5. The lowest BCUT2D eigenvalue weighted by molar-refractivity contribution is 0.0953. The van der Waals surface area contributed by atoms with Gasteiger partial charge in [0.05, 0.1) is 6.20 Å². The zero-order chi connectivity index (χ0) is 21.3. The molecule has 0 bridgehead atoms. The molecular formula is C23H26N4O3. The standard InChI is InChI=1S/C23H26N4O3/c1-16(2)21-8-18(11-25-12-21)10-24-4-3-5-27-23(29)20-7-17(14-28)6-19(9-20)22-13-26-15-30-22/h6-9,11-16,24H,3-5,10H2,1-2H3,(H,27,29). The molecule has 0 saturated carbocycles. The van der Waals surface area contributed by atoms with E-state index in [1.807, 2.05) is 12.4 Å². The molecule has 156 valence electrons. The van der Waals surface area contributed by atoms with E-state index in [4.69, 9.17) is 4.42 Å².